The third kappa shape index (κ3) is 18.6. The number of aliphatic hydroxyl groups is 1. The number of carbonyl (C=O) groups is 4. The Bertz CT molecular complexity index is 988. The van der Waals surface area contributed by atoms with Crippen molar-refractivity contribution in [3.8, 4) is 0 Å². The standard InChI is InChI=1S/C32H56N4O6S/c1-20(2)11-9-12-23(7)13-10-14-24(8)15-16-43-19-25(33)29(38)36-28(22(5)6)31(40)34-26(17-21(3)4)30(39)35-27(18-37)32(41)42/h11,13,15,21-22,25-28,37H,9-10,12,14,16-19,33H2,1-8H3,(H,34,40)(H,35,39)(H,36,38)(H,41,42)/b23-13+,24-15+/t25-,26-,27-,28-/m0/s1. The Balaban J connectivity index is 4.94. The van der Waals surface area contributed by atoms with E-state index in [1.165, 1.54) is 16.7 Å². The van der Waals surface area contributed by atoms with Crippen LogP contribution >= 0.6 is 11.8 Å². The predicted octanol–water partition coefficient (Wildman–Crippen LogP) is 3.70. The molecule has 0 aliphatic carbocycles. The number of carboxylic acids is 1. The summed E-state index contributed by atoms with van der Waals surface area (Å²) in [6, 6.07) is -4.30. The molecule has 0 bridgehead atoms. The molecule has 7 N–H and O–H groups in total. The van der Waals surface area contributed by atoms with E-state index in [1.54, 1.807) is 25.6 Å². The van der Waals surface area contributed by atoms with Crippen molar-refractivity contribution in [3.63, 3.8) is 0 Å². The number of thioether (sulfide) groups is 1. The minimum atomic E-state index is -1.49. The van der Waals surface area contributed by atoms with Crippen molar-refractivity contribution in [2.24, 2.45) is 17.6 Å². The first-order valence-corrected chi connectivity index (χ1v) is 16.3. The minimum Gasteiger partial charge on any atom is -0.480 e. The number of hydrogen-bond acceptors (Lipinski definition) is 7. The molecular weight excluding hydrogens is 568 g/mol. The number of rotatable bonds is 21. The highest BCUT2D eigenvalue weighted by Crippen LogP contribution is 2.13. The van der Waals surface area contributed by atoms with Crippen molar-refractivity contribution in [2.75, 3.05) is 18.1 Å². The predicted molar refractivity (Wildman–Crippen MR) is 176 cm³/mol. The van der Waals surface area contributed by atoms with Crippen LogP contribution in [0.1, 0.15) is 87.5 Å². The van der Waals surface area contributed by atoms with Crippen molar-refractivity contribution in [2.45, 2.75) is 112 Å². The van der Waals surface area contributed by atoms with Crippen LogP contribution in [0, 0.1) is 11.8 Å². The number of nitrogens with two attached hydrogens (primary N) is 1. The van der Waals surface area contributed by atoms with E-state index in [0.29, 0.717) is 5.75 Å². The molecule has 0 aliphatic heterocycles. The first-order valence-electron chi connectivity index (χ1n) is 15.1. The topological polar surface area (TPSA) is 171 Å². The fraction of sp³-hybridized carbons (Fsp3) is 0.688. The Kier molecular flexibility index (Phi) is 20.6. The van der Waals surface area contributed by atoms with Gasteiger partial charge in [0, 0.05) is 11.5 Å². The quantitative estimate of drug-likeness (QED) is 0.0829. The van der Waals surface area contributed by atoms with E-state index >= 15 is 0 Å². The second-order valence-corrected chi connectivity index (χ2v) is 13.2. The average molecular weight is 625 g/mol. The highest BCUT2D eigenvalue weighted by atomic mass is 32.2. The highest BCUT2D eigenvalue weighted by Gasteiger charge is 2.31. The summed E-state index contributed by atoms with van der Waals surface area (Å²) in [7, 11) is 0. The Morgan fingerprint density at radius 1 is 0.791 bits per heavy atom. The zero-order chi connectivity index (χ0) is 33.1. The zero-order valence-corrected chi connectivity index (χ0v) is 28.2. The van der Waals surface area contributed by atoms with E-state index in [4.69, 9.17) is 10.8 Å². The molecule has 0 saturated heterocycles. The maximum Gasteiger partial charge on any atom is 0.328 e. The summed E-state index contributed by atoms with van der Waals surface area (Å²) in [5, 5.41) is 26.0. The van der Waals surface area contributed by atoms with Crippen molar-refractivity contribution in [1.82, 2.24) is 16.0 Å². The largest absolute Gasteiger partial charge is 0.480 e. The van der Waals surface area contributed by atoms with Gasteiger partial charge in [-0.1, -0.05) is 62.6 Å². The lowest BCUT2D eigenvalue weighted by Crippen LogP contribution is -2.59. The average Bonchev–Trinajstić information content (AvgIpc) is 2.90. The molecule has 4 atom stereocenters. The van der Waals surface area contributed by atoms with Crippen molar-refractivity contribution < 1.29 is 29.4 Å². The molecule has 246 valence electrons. The zero-order valence-electron chi connectivity index (χ0n) is 27.4. The molecule has 0 saturated carbocycles. The number of carboxylic acid groups (broad SMARTS) is 1. The number of nitrogens with one attached hydrogen (secondary N) is 3. The van der Waals surface area contributed by atoms with Crippen LogP contribution in [0.2, 0.25) is 0 Å². The molecule has 0 aromatic rings. The maximum atomic E-state index is 13.1. The van der Waals surface area contributed by atoms with Crippen LogP contribution in [0.4, 0.5) is 0 Å². The number of aliphatic carboxylic acids is 1. The molecule has 0 fully saturated rings. The van der Waals surface area contributed by atoms with Crippen molar-refractivity contribution >= 4 is 35.5 Å². The molecule has 0 aliphatic rings. The molecule has 0 spiro atoms. The lowest BCUT2D eigenvalue weighted by molar-refractivity contribution is -0.143. The molecule has 43 heavy (non-hydrogen) atoms. The summed E-state index contributed by atoms with van der Waals surface area (Å²) in [5.41, 5.74) is 10.2. The van der Waals surface area contributed by atoms with Gasteiger partial charge in [-0.05, 0) is 71.6 Å². The van der Waals surface area contributed by atoms with Crippen molar-refractivity contribution in [1.29, 1.82) is 0 Å². The number of carbonyl (C=O) groups excluding carboxylic acids is 3. The van der Waals surface area contributed by atoms with Gasteiger partial charge in [-0.3, -0.25) is 14.4 Å². The normalized spacial score (nSPS) is 15.0. The molecular formula is C32H56N4O6S. The van der Waals surface area contributed by atoms with E-state index in [2.05, 4.69) is 61.9 Å². The van der Waals surface area contributed by atoms with Crippen LogP contribution in [0.15, 0.2) is 34.9 Å². The third-order valence-corrected chi connectivity index (χ3v) is 7.69. The molecule has 3 amide bonds. The first-order chi connectivity index (χ1) is 20.1. The highest BCUT2D eigenvalue weighted by molar-refractivity contribution is 7.99. The second-order valence-electron chi connectivity index (χ2n) is 12.1. The van der Waals surface area contributed by atoms with Gasteiger partial charge in [0.25, 0.3) is 0 Å². The molecule has 0 unspecified atom stereocenters. The van der Waals surface area contributed by atoms with Gasteiger partial charge in [0.1, 0.15) is 18.1 Å². The van der Waals surface area contributed by atoms with E-state index < -0.39 is 54.5 Å². The molecule has 0 rings (SSSR count). The van der Waals surface area contributed by atoms with Crippen molar-refractivity contribution in [3.05, 3.63) is 34.9 Å². The Morgan fingerprint density at radius 3 is 1.86 bits per heavy atom. The van der Waals surface area contributed by atoms with Gasteiger partial charge >= 0.3 is 5.97 Å². The third-order valence-electron chi connectivity index (χ3n) is 6.69. The molecule has 0 aromatic heterocycles. The van der Waals surface area contributed by atoms with E-state index in [-0.39, 0.29) is 18.3 Å². The van der Waals surface area contributed by atoms with Gasteiger partial charge in [0.15, 0.2) is 0 Å². The van der Waals surface area contributed by atoms with E-state index in [9.17, 15) is 24.3 Å². The summed E-state index contributed by atoms with van der Waals surface area (Å²) in [6.45, 7) is 15.0. The van der Waals surface area contributed by atoms with E-state index in [0.717, 1.165) is 31.4 Å². The van der Waals surface area contributed by atoms with Crippen LogP contribution in [0.3, 0.4) is 0 Å². The van der Waals surface area contributed by atoms with Gasteiger partial charge in [-0.25, -0.2) is 4.79 Å². The Hall–Kier alpha value is -2.63. The van der Waals surface area contributed by atoms with Gasteiger partial charge in [0.2, 0.25) is 17.7 Å². The number of amides is 3. The lowest BCUT2D eigenvalue weighted by atomic mass is 9.99. The van der Waals surface area contributed by atoms with Crippen LogP contribution < -0.4 is 21.7 Å². The molecule has 10 nitrogen and oxygen atoms in total. The summed E-state index contributed by atoms with van der Waals surface area (Å²) in [5.74, 6) is -2.34. The SMILES string of the molecule is CC(C)=CCC/C(C)=C/CC/C(C)=C/CSC[C@H](N)C(=O)N[C@H](C(=O)N[C@@H](CC(C)C)C(=O)N[C@@H](CO)C(=O)O)C(C)C. The fourth-order valence-corrected chi connectivity index (χ4v) is 4.97. The summed E-state index contributed by atoms with van der Waals surface area (Å²) >= 11 is 1.54. The molecule has 11 heteroatoms. The minimum absolute atomic E-state index is 0.00172. The fourth-order valence-electron chi connectivity index (χ4n) is 4.03. The summed E-state index contributed by atoms with van der Waals surface area (Å²) in [4.78, 5) is 49.9. The monoisotopic (exact) mass is 624 g/mol. The van der Waals surface area contributed by atoms with Gasteiger partial charge < -0.3 is 31.9 Å². The van der Waals surface area contributed by atoms with Crippen LogP contribution in [0.25, 0.3) is 0 Å². The van der Waals surface area contributed by atoms with Gasteiger partial charge in [0.05, 0.1) is 12.6 Å². The second kappa shape index (κ2) is 22.0. The smallest absolute Gasteiger partial charge is 0.328 e. The van der Waals surface area contributed by atoms with Gasteiger partial charge in [-0.2, -0.15) is 11.8 Å². The Morgan fingerprint density at radius 2 is 1.35 bits per heavy atom. The number of allylic oxidation sites excluding steroid dienone is 5. The summed E-state index contributed by atoms with van der Waals surface area (Å²) in [6.07, 6.45) is 11.1. The lowest BCUT2D eigenvalue weighted by Gasteiger charge is -2.27. The summed E-state index contributed by atoms with van der Waals surface area (Å²) < 4.78 is 0. The van der Waals surface area contributed by atoms with Crippen LogP contribution in [0.5, 0.6) is 0 Å². The van der Waals surface area contributed by atoms with Crippen LogP contribution in [-0.2, 0) is 19.2 Å². The number of aliphatic hydroxyl groups excluding tert-OH is 1. The van der Waals surface area contributed by atoms with E-state index in [1.807, 2.05) is 13.8 Å². The van der Waals surface area contributed by atoms with Crippen LogP contribution in [-0.4, -0.2) is 76.2 Å². The van der Waals surface area contributed by atoms with Gasteiger partial charge in [-0.15, -0.1) is 0 Å². The number of hydrogen-bond donors (Lipinski definition) is 6. The maximum absolute atomic E-state index is 13.1. The molecule has 0 heterocycles. The first kappa shape index (κ1) is 40.4. The molecule has 0 radical (unpaired) electrons. The molecule has 0 aromatic carbocycles. The Labute approximate surface area is 262 Å².